The molecule has 0 N–H and O–H groups in total. The van der Waals surface area contributed by atoms with Crippen molar-refractivity contribution in [2.24, 2.45) is 5.92 Å². The van der Waals surface area contributed by atoms with Crippen molar-refractivity contribution in [3.05, 3.63) is 34.3 Å². The Morgan fingerprint density at radius 2 is 2.25 bits per heavy atom. The summed E-state index contributed by atoms with van der Waals surface area (Å²) in [6, 6.07) is 9.70. The lowest BCUT2D eigenvalue weighted by Gasteiger charge is -2.14. The van der Waals surface area contributed by atoms with Crippen LogP contribution in [0.3, 0.4) is 0 Å². The SMILES string of the molecule is CN(C)C(=O)C(C#N)Cc1cccc(Br)c1. The van der Waals surface area contributed by atoms with Gasteiger partial charge < -0.3 is 4.90 Å². The van der Waals surface area contributed by atoms with Crippen LogP contribution in [0.2, 0.25) is 0 Å². The van der Waals surface area contributed by atoms with Crippen LogP contribution in [0.5, 0.6) is 0 Å². The number of carbonyl (C=O) groups excluding carboxylic acids is 1. The number of amides is 1. The standard InChI is InChI=1S/C12H13BrN2O/c1-15(2)12(16)10(8-14)6-9-4-3-5-11(13)7-9/h3-5,7,10H,6H2,1-2H3. The molecule has 4 heteroatoms. The molecule has 1 atom stereocenters. The molecule has 1 unspecified atom stereocenters. The fraction of sp³-hybridized carbons (Fsp3) is 0.333. The van der Waals surface area contributed by atoms with E-state index in [-0.39, 0.29) is 5.91 Å². The molecule has 1 aromatic rings. The summed E-state index contributed by atoms with van der Waals surface area (Å²) in [4.78, 5) is 13.1. The summed E-state index contributed by atoms with van der Waals surface area (Å²) in [6.07, 6.45) is 0.451. The van der Waals surface area contributed by atoms with E-state index in [9.17, 15) is 4.79 Å². The highest BCUT2D eigenvalue weighted by molar-refractivity contribution is 9.10. The molecule has 3 nitrogen and oxygen atoms in total. The predicted molar refractivity (Wildman–Crippen MR) is 65.6 cm³/mol. The molecule has 0 radical (unpaired) electrons. The lowest BCUT2D eigenvalue weighted by atomic mass is 10.00. The summed E-state index contributed by atoms with van der Waals surface area (Å²) in [6.45, 7) is 0. The van der Waals surface area contributed by atoms with Crippen LogP contribution in [-0.4, -0.2) is 24.9 Å². The molecule has 0 heterocycles. The van der Waals surface area contributed by atoms with Gasteiger partial charge in [0.25, 0.3) is 0 Å². The van der Waals surface area contributed by atoms with E-state index < -0.39 is 5.92 Å². The van der Waals surface area contributed by atoms with Crippen molar-refractivity contribution in [1.82, 2.24) is 4.90 Å². The van der Waals surface area contributed by atoms with Gasteiger partial charge in [0.05, 0.1) is 6.07 Å². The summed E-state index contributed by atoms with van der Waals surface area (Å²) < 4.78 is 0.957. The Morgan fingerprint density at radius 1 is 1.56 bits per heavy atom. The number of hydrogen-bond donors (Lipinski definition) is 0. The molecule has 0 spiro atoms. The van der Waals surface area contributed by atoms with E-state index in [1.54, 1.807) is 14.1 Å². The van der Waals surface area contributed by atoms with Crippen molar-refractivity contribution in [3.8, 4) is 6.07 Å². The van der Waals surface area contributed by atoms with Crippen molar-refractivity contribution in [2.45, 2.75) is 6.42 Å². The molecule has 0 fully saturated rings. The van der Waals surface area contributed by atoms with Gasteiger partial charge in [-0.2, -0.15) is 5.26 Å². The Morgan fingerprint density at radius 3 is 2.75 bits per heavy atom. The summed E-state index contributed by atoms with van der Waals surface area (Å²) in [7, 11) is 3.32. The molecular formula is C12H13BrN2O. The van der Waals surface area contributed by atoms with E-state index >= 15 is 0 Å². The molecule has 0 saturated heterocycles. The minimum absolute atomic E-state index is 0.150. The van der Waals surface area contributed by atoms with E-state index in [1.165, 1.54) is 4.90 Å². The Labute approximate surface area is 104 Å². The number of benzene rings is 1. The Hall–Kier alpha value is -1.34. The van der Waals surface area contributed by atoms with E-state index in [0.717, 1.165) is 10.0 Å². The third-order valence-electron chi connectivity index (χ3n) is 2.22. The molecule has 0 aliphatic rings. The van der Waals surface area contributed by atoms with Gasteiger partial charge >= 0.3 is 0 Å². The van der Waals surface area contributed by atoms with Crippen LogP contribution in [0.1, 0.15) is 5.56 Å². The smallest absolute Gasteiger partial charge is 0.239 e. The van der Waals surface area contributed by atoms with Gasteiger partial charge in [0.1, 0.15) is 5.92 Å². The maximum atomic E-state index is 11.7. The van der Waals surface area contributed by atoms with E-state index in [2.05, 4.69) is 15.9 Å². The maximum absolute atomic E-state index is 11.7. The fourth-order valence-corrected chi connectivity index (χ4v) is 1.85. The number of rotatable bonds is 3. The molecule has 0 saturated carbocycles. The van der Waals surface area contributed by atoms with Gasteiger partial charge in [0.15, 0.2) is 0 Å². The molecule has 0 bridgehead atoms. The van der Waals surface area contributed by atoms with Crippen molar-refractivity contribution in [2.75, 3.05) is 14.1 Å². The first-order valence-corrected chi connectivity index (χ1v) is 5.69. The summed E-state index contributed by atoms with van der Waals surface area (Å²) >= 11 is 3.36. The lowest BCUT2D eigenvalue weighted by molar-refractivity contribution is -0.131. The molecular weight excluding hydrogens is 268 g/mol. The summed E-state index contributed by atoms with van der Waals surface area (Å²) in [5.41, 5.74) is 0.983. The zero-order chi connectivity index (χ0) is 12.1. The normalized spacial score (nSPS) is 11.6. The molecule has 16 heavy (non-hydrogen) atoms. The average molecular weight is 281 g/mol. The third-order valence-corrected chi connectivity index (χ3v) is 2.72. The van der Waals surface area contributed by atoms with Crippen LogP contribution in [0.4, 0.5) is 0 Å². The van der Waals surface area contributed by atoms with Crippen LogP contribution in [0.15, 0.2) is 28.7 Å². The Balaban J connectivity index is 2.79. The topological polar surface area (TPSA) is 44.1 Å². The van der Waals surface area contributed by atoms with E-state index in [4.69, 9.17) is 5.26 Å². The quantitative estimate of drug-likeness (QED) is 0.852. The van der Waals surface area contributed by atoms with Gasteiger partial charge in [-0.1, -0.05) is 28.1 Å². The first kappa shape index (κ1) is 12.7. The number of nitriles is 1. The van der Waals surface area contributed by atoms with Crippen LogP contribution in [0.25, 0.3) is 0 Å². The molecule has 0 aromatic heterocycles. The zero-order valence-corrected chi connectivity index (χ0v) is 10.9. The number of hydrogen-bond acceptors (Lipinski definition) is 2. The van der Waals surface area contributed by atoms with Gasteiger partial charge in [-0.3, -0.25) is 4.79 Å². The average Bonchev–Trinajstić information content (AvgIpc) is 2.25. The molecule has 0 aliphatic carbocycles. The zero-order valence-electron chi connectivity index (χ0n) is 9.27. The monoisotopic (exact) mass is 280 g/mol. The van der Waals surface area contributed by atoms with Gasteiger partial charge in [-0.05, 0) is 24.1 Å². The minimum Gasteiger partial charge on any atom is -0.348 e. The molecule has 1 aromatic carbocycles. The number of nitrogens with zero attached hydrogens (tertiary/aromatic N) is 2. The van der Waals surface area contributed by atoms with Crippen molar-refractivity contribution >= 4 is 21.8 Å². The maximum Gasteiger partial charge on any atom is 0.239 e. The molecule has 1 rings (SSSR count). The third kappa shape index (κ3) is 3.35. The van der Waals surface area contributed by atoms with Crippen LogP contribution in [-0.2, 0) is 11.2 Å². The largest absolute Gasteiger partial charge is 0.348 e. The first-order valence-electron chi connectivity index (χ1n) is 4.90. The van der Waals surface area contributed by atoms with Crippen molar-refractivity contribution in [1.29, 1.82) is 5.26 Å². The van der Waals surface area contributed by atoms with Gasteiger partial charge in [0, 0.05) is 18.6 Å². The second kappa shape index (κ2) is 5.66. The summed E-state index contributed by atoms with van der Waals surface area (Å²) in [5, 5.41) is 8.97. The van der Waals surface area contributed by atoms with Crippen LogP contribution >= 0.6 is 15.9 Å². The lowest BCUT2D eigenvalue weighted by Crippen LogP contribution is -2.30. The minimum atomic E-state index is -0.607. The number of carbonyl (C=O) groups is 1. The fourth-order valence-electron chi connectivity index (χ4n) is 1.40. The van der Waals surface area contributed by atoms with Crippen LogP contribution in [0, 0.1) is 17.2 Å². The first-order chi connectivity index (χ1) is 7.54. The Kier molecular flexibility index (Phi) is 4.51. The Bertz CT molecular complexity index is 423. The predicted octanol–water partition coefficient (Wildman–Crippen LogP) is 2.22. The highest BCUT2D eigenvalue weighted by atomic mass is 79.9. The van der Waals surface area contributed by atoms with Crippen LogP contribution < -0.4 is 0 Å². The highest BCUT2D eigenvalue weighted by Crippen LogP contribution is 2.15. The van der Waals surface area contributed by atoms with Crippen molar-refractivity contribution in [3.63, 3.8) is 0 Å². The second-order valence-electron chi connectivity index (χ2n) is 3.75. The van der Waals surface area contributed by atoms with Crippen molar-refractivity contribution < 1.29 is 4.79 Å². The van der Waals surface area contributed by atoms with Gasteiger partial charge in [0.2, 0.25) is 5.91 Å². The second-order valence-corrected chi connectivity index (χ2v) is 4.66. The van der Waals surface area contributed by atoms with Gasteiger partial charge in [-0.25, -0.2) is 0 Å². The van der Waals surface area contributed by atoms with E-state index in [0.29, 0.717) is 6.42 Å². The molecule has 1 amide bonds. The molecule has 84 valence electrons. The van der Waals surface area contributed by atoms with Gasteiger partial charge in [-0.15, -0.1) is 0 Å². The molecule has 0 aliphatic heterocycles. The van der Waals surface area contributed by atoms with E-state index in [1.807, 2.05) is 30.3 Å². The summed E-state index contributed by atoms with van der Waals surface area (Å²) in [5.74, 6) is -0.758. The number of halogens is 1. The highest BCUT2D eigenvalue weighted by Gasteiger charge is 2.19.